The number of aromatic nitrogens is 1. The topological polar surface area (TPSA) is 203 Å². The van der Waals surface area contributed by atoms with E-state index in [-0.39, 0.29) is 50.5 Å². The Kier molecular flexibility index (Phi) is 12.3. The van der Waals surface area contributed by atoms with Gasteiger partial charge in [0.15, 0.2) is 0 Å². The molecule has 0 spiro atoms. The zero-order chi connectivity index (χ0) is 42.1. The fourth-order valence-corrected chi connectivity index (χ4v) is 10.0. The van der Waals surface area contributed by atoms with Gasteiger partial charge in [0, 0.05) is 30.8 Å². The maximum Gasteiger partial charge on any atom is 0.408 e. The van der Waals surface area contributed by atoms with Gasteiger partial charge < -0.3 is 34.9 Å². The predicted octanol–water partition coefficient (Wildman–Crippen LogP) is 4.22. The summed E-state index contributed by atoms with van der Waals surface area (Å²) in [7, 11) is -3.93. The molecule has 4 amide bonds. The Bertz CT molecular complexity index is 2100. The molecule has 3 heterocycles. The summed E-state index contributed by atoms with van der Waals surface area (Å²) in [6, 6.07) is 5.21. The number of aliphatic hydroxyl groups excluding tert-OH is 1. The summed E-state index contributed by atoms with van der Waals surface area (Å²) in [5, 5.41) is 15.4. The van der Waals surface area contributed by atoms with E-state index in [4.69, 9.17) is 19.2 Å². The van der Waals surface area contributed by atoms with Gasteiger partial charge in [-0.05, 0) is 81.3 Å². The predicted molar refractivity (Wildman–Crippen MR) is 219 cm³/mol. The normalized spacial score (nSPS) is 29.4. The fourth-order valence-electron chi connectivity index (χ4n) is 8.65. The Morgan fingerprint density at radius 3 is 2.61 bits per heavy atom. The highest BCUT2D eigenvalue weighted by Crippen LogP contribution is 2.46. The van der Waals surface area contributed by atoms with E-state index < -0.39 is 74.1 Å². The number of rotatable bonds is 10. The van der Waals surface area contributed by atoms with Crippen LogP contribution in [0.5, 0.6) is 11.6 Å². The van der Waals surface area contributed by atoms with Crippen molar-refractivity contribution >= 4 is 44.7 Å². The van der Waals surface area contributed by atoms with Crippen molar-refractivity contribution in [1.29, 1.82) is 0 Å². The third-order valence-electron chi connectivity index (χ3n) is 12.2. The SMILES string of the molecule is C=C[C@@H]1C[C@]1(NC(=O)[C@@H]1C[C@@H]2CN1C(=O)[C@H](C(C)(C)C)NC(=O)O[C@@H]1CCC[C@H]1CC/C=C\Cc1c(nc3ccccc3c1OCCCO)O2)C(=O)NS(=O)(=O)C1CC1. The van der Waals surface area contributed by atoms with Crippen molar-refractivity contribution < 1.29 is 46.9 Å². The van der Waals surface area contributed by atoms with Crippen molar-refractivity contribution in [2.75, 3.05) is 19.8 Å². The van der Waals surface area contributed by atoms with Crippen LogP contribution in [0.4, 0.5) is 4.79 Å². The van der Waals surface area contributed by atoms with Crippen LogP contribution in [-0.2, 0) is 35.6 Å². The highest BCUT2D eigenvalue weighted by molar-refractivity contribution is 7.91. The van der Waals surface area contributed by atoms with Gasteiger partial charge >= 0.3 is 6.09 Å². The number of hydrogen-bond donors (Lipinski definition) is 4. The first-order chi connectivity index (χ1) is 28.1. The Labute approximate surface area is 345 Å². The minimum absolute atomic E-state index is 0.00997. The number of alkyl carbamates (subject to hydrolysis) is 1. The number of hydrogen-bond acceptors (Lipinski definition) is 11. The van der Waals surface area contributed by atoms with Crippen molar-refractivity contribution in [3.8, 4) is 11.6 Å². The van der Waals surface area contributed by atoms with E-state index in [1.54, 1.807) is 0 Å². The average molecular weight is 836 g/mol. The summed E-state index contributed by atoms with van der Waals surface area (Å²) in [6.45, 7) is 9.37. The van der Waals surface area contributed by atoms with Gasteiger partial charge in [-0.25, -0.2) is 18.2 Å². The summed E-state index contributed by atoms with van der Waals surface area (Å²) in [5.41, 5.74) is -1.12. The Balaban J connectivity index is 1.26. The van der Waals surface area contributed by atoms with Gasteiger partial charge in [0.1, 0.15) is 35.6 Å². The summed E-state index contributed by atoms with van der Waals surface area (Å²) < 4.78 is 46.9. The maximum atomic E-state index is 14.8. The lowest BCUT2D eigenvalue weighted by atomic mass is 9.85. The second kappa shape index (κ2) is 17.1. The molecule has 2 bridgehead atoms. The largest absolute Gasteiger partial charge is 0.492 e. The van der Waals surface area contributed by atoms with E-state index in [0.717, 1.165) is 31.1 Å². The number of carbonyl (C=O) groups excluding carboxylic acids is 4. The quantitative estimate of drug-likeness (QED) is 0.197. The number of nitrogens with zero attached hydrogens (tertiary/aromatic N) is 2. The first-order valence-corrected chi connectivity index (χ1v) is 22.4. The van der Waals surface area contributed by atoms with Gasteiger partial charge in [-0.15, -0.1) is 6.58 Å². The molecule has 7 atom stereocenters. The number of aliphatic hydroxyl groups is 1. The molecule has 2 aromatic rings. The van der Waals surface area contributed by atoms with Gasteiger partial charge in [-0.3, -0.25) is 19.1 Å². The molecular weight excluding hydrogens is 779 g/mol. The second-order valence-corrected chi connectivity index (χ2v) is 19.6. The highest BCUT2D eigenvalue weighted by Gasteiger charge is 2.62. The monoisotopic (exact) mass is 835 g/mol. The average Bonchev–Trinajstić information content (AvgIpc) is 4.08. The number of allylic oxidation sites excluding steroid dienone is 2. The number of benzene rings is 1. The van der Waals surface area contributed by atoms with Crippen molar-refractivity contribution in [3.63, 3.8) is 0 Å². The van der Waals surface area contributed by atoms with Crippen molar-refractivity contribution in [1.82, 2.24) is 25.2 Å². The summed E-state index contributed by atoms with van der Waals surface area (Å²) in [5.74, 6) is -1.63. The van der Waals surface area contributed by atoms with Gasteiger partial charge in [0.25, 0.3) is 5.91 Å². The smallest absolute Gasteiger partial charge is 0.408 e. The Morgan fingerprint density at radius 2 is 1.90 bits per heavy atom. The standard InChI is InChI=1S/C43H57N5O10S/c1-5-27-24-43(27,40(52)47-59(54,55)29-19-20-29)46-37(50)33-23-28-25-48(33)39(51)36(42(2,3)4)45-41(53)58-34-18-11-14-26(34)13-7-6-8-16-31-35(56-22-12-21-49)30-15-9-10-17-32(30)44-38(31)57-28/h5-6,8-10,15,17,26-29,33-34,36,49H,1,7,11-14,16,18-25H2,2-4H3,(H,45,53)(H,46,50)(H,47,52)/b8-6-/t26-,27-,28-,33+,34-,36-,43-/m1/s1. The van der Waals surface area contributed by atoms with E-state index in [9.17, 15) is 32.7 Å². The Morgan fingerprint density at radius 1 is 1.12 bits per heavy atom. The number of carbonyl (C=O) groups is 4. The first-order valence-electron chi connectivity index (χ1n) is 20.9. The molecule has 7 rings (SSSR count). The first kappa shape index (κ1) is 42.4. The van der Waals surface area contributed by atoms with E-state index in [0.29, 0.717) is 48.9 Å². The molecule has 59 heavy (non-hydrogen) atoms. The van der Waals surface area contributed by atoms with Crippen LogP contribution in [-0.4, -0.2) is 102 Å². The van der Waals surface area contributed by atoms with Crippen molar-refractivity contribution in [3.05, 3.63) is 54.6 Å². The molecule has 2 aliphatic heterocycles. The number of sulfonamides is 1. The molecule has 4 N–H and O–H groups in total. The lowest BCUT2D eigenvalue weighted by molar-refractivity contribution is -0.143. The number of pyridine rings is 1. The Hall–Kier alpha value is -4.70. The molecule has 3 saturated carbocycles. The van der Waals surface area contributed by atoms with Crippen LogP contribution in [0.3, 0.4) is 0 Å². The summed E-state index contributed by atoms with van der Waals surface area (Å²) in [4.78, 5) is 62.9. The summed E-state index contributed by atoms with van der Waals surface area (Å²) >= 11 is 0. The molecule has 1 aromatic heterocycles. The van der Waals surface area contributed by atoms with E-state index in [2.05, 4.69) is 28.0 Å². The van der Waals surface area contributed by atoms with Gasteiger partial charge in [-0.1, -0.05) is 51.1 Å². The van der Waals surface area contributed by atoms with Crippen LogP contribution in [0.25, 0.3) is 10.9 Å². The highest BCUT2D eigenvalue weighted by atomic mass is 32.2. The molecule has 320 valence electrons. The molecule has 1 aromatic carbocycles. The van der Waals surface area contributed by atoms with E-state index in [1.165, 1.54) is 11.0 Å². The second-order valence-electron chi connectivity index (χ2n) is 17.7. The molecule has 0 unspecified atom stereocenters. The van der Waals surface area contributed by atoms with Gasteiger partial charge in [-0.2, -0.15) is 0 Å². The van der Waals surface area contributed by atoms with Crippen LogP contribution in [0.2, 0.25) is 0 Å². The molecular formula is C43H57N5O10S. The minimum atomic E-state index is -3.93. The molecule has 3 aliphatic carbocycles. The third kappa shape index (κ3) is 9.23. The zero-order valence-corrected chi connectivity index (χ0v) is 34.9. The minimum Gasteiger partial charge on any atom is -0.492 e. The van der Waals surface area contributed by atoms with Crippen LogP contribution >= 0.6 is 0 Å². The van der Waals surface area contributed by atoms with Crippen LogP contribution < -0.4 is 24.8 Å². The third-order valence-corrected chi connectivity index (χ3v) is 14.1. The van der Waals surface area contributed by atoms with Crippen LogP contribution in [0.1, 0.15) is 90.5 Å². The zero-order valence-electron chi connectivity index (χ0n) is 34.1. The maximum absolute atomic E-state index is 14.8. The molecule has 16 heteroatoms. The van der Waals surface area contributed by atoms with Crippen LogP contribution in [0, 0.1) is 17.3 Å². The molecule has 1 saturated heterocycles. The lowest BCUT2D eigenvalue weighted by Gasteiger charge is -2.35. The molecule has 15 nitrogen and oxygen atoms in total. The number of amides is 4. The number of para-hydroxylation sites is 1. The van der Waals surface area contributed by atoms with Crippen LogP contribution in [0.15, 0.2) is 49.1 Å². The van der Waals surface area contributed by atoms with E-state index in [1.807, 2.05) is 51.1 Å². The summed E-state index contributed by atoms with van der Waals surface area (Å²) in [6.07, 6.45) is 9.75. The molecule has 4 fully saturated rings. The van der Waals surface area contributed by atoms with Gasteiger partial charge in [0.05, 0.1) is 29.5 Å². The molecule has 5 aliphatic rings. The van der Waals surface area contributed by atoms with Crippen molar-refractivity contribution in [2.45, 2.75) is 126 Å². The van der Waals surface area contributed by atoms with Gasteiger partial charge in [0.2, 0.25) is 27.7 Å². The van der Waals surface area contributed by atoms with E-state index >= 15 is 0 Å². The lowest BCUT2D eigenvalue weighted by Crippen LogP contribution is -2.60. The fraction of sp³-hybridized carbons (Fsp3) is 0.605. The number of fused-ring (bicyclic) bond motifs is 5. The number of nitrogens with one attached hydrogen (secondary N) is 3. The number of ether oxygens (including phenoxy) is 3. The van der Waals surface area contributed by atoms with Crippen molar-refractivity contribution in [2.24, 2.45) is 17.3 Å². The molecule has 0 radical (unpaired) electrons.